The number of allylic oxidation sites excluding steroid dienone is 2. The van der Waals surface area contributed by atoms with Crippen molar-refractivity contribution in [3.63, 3.8) is 0 Å². The second kappa shape index (κ2) is 8.33. The standard InChI is InChI=1S/C15H19F3IO2S/c1-3-8-13(19-12-10-6-5-7-11-12)14(9-4-2)22(20,21)15(16,17)18/h5-7,10-11H,3-4,8-9H2,1-2H3/q+1. The zero-order valence-electron chi connectivity index (χ0n) is 12.5. The highest BCUT2D eigenvalue weighted by molar-refractivity contribution is 7.96. The first-order chi connectivity index (χ1) is 10.2. The Morgan fingerprint density at radius 1 is 1.05 bits per heavy atom. The zero-order valence-corrected chi connectivity index (χ0v) is 15.4. The first-order valence-corrected chi connectivity index (χ1v) is 10.6. The van der Waals surface area contributed by atoms with Crippen LogP contribution < -0.4 is 21.2 Å². The molecule has 0 fully saturated rings. The SMILES string of the molecule is CCCC([I+]c1ccccc1)=C(CCC)S(=O)(=O)C(F)(F)F. The summed E-state index contributed by atoms with van der Waals surface area (Å²) in [5, 5.41) is 0. The van der Waals surface area contributed by atoms with Gasteiger partial charge in [0.2, 0.25) is 0 Å². The van der Waals surface area contributed by atoms with Crippen molar-refractivity contribution in [3.8, 4) is 0 Å². The predicted molar refractivity (Wildman–Crippen MR) is 77.0 cm³/mol. The molecule has 2 nitrogen and oxygen atoms in total. The summed E-state index contributed by atoms with van der Waals surface area (Å²) >= 11 is -0.912. The van der Waals surface area contributed by atoms with Gasteiger partial charge in [-0.2, -0.15) is 13.2 Å². The molecule has 22 heavy (non-hydrogen) atoms. The monoisotopic (exact) mass is 447 g/mol. The molecule has 124 valence electrons. The fourth-order valence-corrected chi connectivity index (χ4v) is 7.03. The molecule has 0 spiro atoms. The molecule has 0 aliphatic heterocycles. The number of hydrogen-bond donors (Lipinski definition) is 0. The molecule has 1 rings (SSSR count). The summed E-state index contributed by atoms with van der Waals surface area (Å²) in [6.45, 7) is 3.54. The number of benzene rings is 1. The van der Waals surface area contributed by atoms with E-state index in [1.807, 2.05) is 37.3 Å². The van der Waals surface area contributed by atoms with Crippen LogP contribution in [0.4, 0.5) is 13.2 Å². The van der Waals surface area contributed by atoms with Crippen LogP contribution in [-0.4, -0.2) is 13.9 Å². The van der Waals surface area contributed by atoms with Crippen molar-refractivity contribution < 1.29 is 42.8 Å². The second-order valence-corrected chi connectivity index (χ2v) is 9.72. The van der Waals surface area contributed by atoms with Gasteiger partial charge in [-0.3, -0.25) is 0 Å². The molecule has 0 amide bonds. The van der Waals surface area contributed by atoms with Crippen LogP contribution >= 0.6 is 0 Å². The van der Waals surface area contributed by atoms with E-state index >= 15 is 0 Å². The molecule has 0 aliphatic rings. The Morgan fingerprint density at radius 3 is 2.05 bits per heavy atom. The van der Waals surface area contributed by atoms with E-state index in [0.717, 1.165) is 3.57 Å². The fraction of sp³-hybridized carbons (Fsp3) is 0.467. The highest BCUT2D eigenvalue weighted by Gasteiger charge is 2.50. The molecule has 0 aromatic heterocycles. The maximum Gasteiger partial charge on any atom is 0.501 e. The molecule has 0 radical (unpaired) electrons. The molecule has 1 aromatic rings. The van der Waals surface area contributed by atoms with Gasteiger partial charge in [-0.25, -0.2) is 8.42 Å². The van der Waals surface area contributed by atoms with E-state index in [1.54, 1.807) is 6.92 Å². The number of halogens is 4. The molecule has 1 aromatic carbocycles. The van der Waals surface area contributed by atoms with Crippen molar-refractivity contribution in [3.05, 3.63) is 42.4 Å². The molecule has 0 bridgehead atoms. The van der Waals surface area contributed by atoms with Crippen LogP contribution in [0.3, 0.4) is 0 Å². The average molecular weight is 447 g/mol. The first-order valence-electron chi connectivity index (χ1n) is 6.97. The summed E-state index contributed by atoms with van der Waals surface area (Å²) < 4.78 is 64.0. The summed E-state index contributed by atoms with van der Waals surface area (Å²) in [4.78, 5) is -0.402. The lowest BCUT2D eigenvalue weighted by molar-refractivity contribution is -0.579. The molecule has 0 atom stereocenters. The van der Waals surface area contributed by atoms with Gasteiger partial charge in [-0.15, -0.1) is 0 Å². The minimum atomic E-state index is -5.24. The predicted octanol–water partition coefficient (Wildman–Crippen LogP) is 1.69. The van der Waals surface area contributed by atoms with Gasteiger partial charge in [0, 0.05) is 6.42 Å². The van der Waals surface area contributed by atoms with E-state index in [1.165, 1.54) is 0 Å². The maximum atomic E-state index is 12.9. The summed E-state index contributed by atoms with van der Waals surface area (Å²) in [5.74, 6) is 0. The highest BCUT2D eigenvalue weighted by Crippen LogP contribution is 2.32. The van der Waals surface area contributed by atoms with Crippen LogP contribution in [0.2, 0.25) is 0 Å². The lowest BCUT2D eigenvalue weighted by Crippen LogP contribution is -3.61. The molecule has 0 heterocycles. The third-order valence-electron chi connectivity index (χ3n) is 2.83. The molecule has 0 N–H and O–H groups in total. The molecule has 0 aliphatic carbocycles. The van der Waals surface area contributed by atoms with Gasteiger partial charge < -0.3 is 0 Å². The molecular weight excluding hydrogens is 428 g/mol. The summed E-state index contributed by atoms with van der Waals surface area (Å²) in [7, 11) is -5.24. The van der Waals surface area contributed by atoms with Gasteiger partial charge in [0.15, 0.2) is 7.15 Å². The van der Waals surface area contributed by atoms with E-state index in [4.69, 9.17) is 0 Å². The lowest BCUT2D eigenvalue weighted by Gasteiger charge is -2.11. The Labute approximate surface area is 140 Å². The van der Waals surface area contributed by atoms with Crippen molar-refractivity contribution in [1.82, 2.24) is 0 Å². The van der Waals surface area contributed by atoms with Crippen molar-refractivity contribution in [2.75, 3.05) is 0 Å². The van der Waals surface area contributed by atoms with Gasteiger partial charge in [-0.05, 0) is 25.0 Å². The molecule has 0 saturated heterocycles. The Balaban J connectivity index is 3.36. The lowest BCUT2D eigenvalue weighted by atomic mass is 10.2. The highest BCUT2D eigenvalue weighted by atomic mass is 127. The van der Waals surface area contributed by atoms with Crippen LogP contribution in [0, 0.1) is 3.57 Å². The van der Waals surface area contributed by atoms with Crippen molar-refractivity contribution in [2.45, 2.75) is 45.0 Å². The summed E-state index contributed by atoms with van der Waals surface area (Å²) in [6.07, 6.45) is 1.34. The largest absolute Gasteiger partial charge is 0.501 e. The first kappa shape index (κ1) is 19.5. The molecule has 7 heteroatoms. The third-order valence-corrected chi connectivity index (χ3v) is 8.09. The minimum Gasteiger partial charge on any atom is -0.215 e. The van der Waals surface area contributed by atoms with Crippen LogP contribution in [-0.2, 0) is 9.84 Å². The Hall–Kier alpha value is -0.570. The van der Waals surface area contributed by atoms with Crippen molar-refractivity contribution >= 4 is 9.84 Å². The molecule has 0 saturated carbocycles. The van der Waals surface area contributed by atoms with E-state index in [0.29, 0.717) is 22.8 Å². The van der Waals surface area contributed by atoms with Gasteiger partial charge in [0.05, 0.1) is 0 Å². The molecule has 0 unspecified atom stereocenters. The van der Waals surface area contributed by atoms with E-state index in [2.05, 4.69) is 0 Å². The normalized spacial score (nSPS) is 13.9. The summed E-state index contributed by atoms with van der Waals surface area (Å²) in [5.41, 5.74) is -5.23. The van der Waals surface area contributed by atoms with Gasteiger partial charge in [-0.1, -0.05) is 38.5 Å². The number of hydrogen-bond acceptors (Lipinski definition) is 2. The minimum absolute atomic E-state index is 0.0519. The Kier molecular flexibility index (Phi) is 7.37. The average Bonchev–Trinajstić information content (AvgIpc) is 2.44. The van der Waals surface area contributed by atoms with Crippen LogP contribution in [0.1, 0.15) is 39.5 Å². The van der Waals surface area contributed by atoms with Gasteiger partial charge in [0.25, 0.3) is 9.84 Å². The topological polar surface area (TPSA) is 34.1 Å². The quantitative estimate of drug-likeness (QED) is 0.597. The van der Waals surface area contributed by atoms with E-state index in [-0.39, 0.29) is 6.42 Å². The second-order valence-electron chi connectivity index (χ2n) is 4.67. The summed E-state index contributed by atoms with van der Waals surface area (Å²) in [6, 6.07) is 9.14. The van der Waals surface area contributed by atoms with Crippen LogP contribution in [0.5, 0.6) is 0 Å². The third kappa shape index (κ3) is 4.97. The number of rotatable bonds is 7. The van der Waals surface area contributed by atoms with Crippen molar-refractivity contribution in [1.29, 1.82) is 0 Å². The zero-order chi connectivity index (χ0) is 16.8. The van der Waals surface area contributed by atoms with Gasteiger partial charge in [0.1, 0.15) is 4.91 Å². The number of sulfone groups is 1. The van der Waals surface area contributed by atoms with Crippen LogP contribution in [0.15, 0.2) is 38.8 Å². The van der Waals surface area contributed by atoms with Crippen molar-refractivity contribution in [2.24, 2.45) is 0 Å². The van der Waals surface area contributed by atoms with E-state index < -0.39 is 41.5 Å². The molecular formula is C15H19F3IO2S+. The number of alkyl halides is 3. The smallest absolute Gasteiger partial charge is 0.215 e. The van der Waals surface area contributed by atoms with E-state index in [9.17, 15) is 21.6 Å². The Bertz CT molecular complexity index is 607. The Morgan fingerprint density at radius 2 is 1.59 bits per heavy atom. The fourth-order valence-electron chi connectivity index (χ4n) is 1.85. The maximum absolute atomic E-state index is 12.9. The van der Waals surface area contributed by atoms with Crippen LogP contribution in [0.25, 0.3) is 0 Å². The van der Waals surface area contributed by atoms with Gasteiger partial charge >= 0.3 is 26.7 Å².